The number of carbonyl (C=O) groups is 2. The summed E-state index contributed by atoms with van der Waals surface area (Å²) in [6, 6.07) is 21.7. The van der Waals surface area contributed by atoms with Crippen molar-refractivity contribution in [3.05, 3.63) is 71.7 Å². The van der Waals surface area contributed by atoms with Gasteiger partial charge in [-0.1, -0.05) is 48.5 Å². The van der Waals surface area contributed by atoms with Crippen LogP contribution >= 0.6 is 11.3 Å². The first-order valence-corrected chi connectivity index (χ1v) is 10.8. The molecular weight excluding hydrogens is 396 g/mol. The Bertz CT molecular complexity index is 1160. The van der Waals surface area contributed by atoms with Gasteiger partial charge < -0.3 is 9.64 Å². The third kappa shape index (κ3) is 4.33. The molecule has 0 saturated heterocycles. The summed E-state index contributed by atoms with van der Waals surface area (Å²) in [6.07, 6.45) is 0.709. The molecule has 0 unspecified atom stereocenters. The Morgan fingerprint density at radius 1 is 1.00 bits per heavy atom. The maximum Gasteiger partial charge on any atom is 0.306 e. The molecule has 3 aromatic carbocycles. The van der Waals surface area contributed by atoms with E-state index in [-0.39, 0.29) is 18.9 Å². The van der Waals surface area contributed by atoms with E-state index in [1.165, 1.54) is 0 Å². The normalized spacial score (nSPS) is 11.0. The molecule has 0 aliphatic rings. The number of carbonyl (C=O) groups excluding carboxylic acids is 2. The zero-order chi connectivity index (χ0) is 20.9. The number of rotatable bonds is 7. The SMILES string of the molecule is CCN(C(=O)COC(=O)CCc1nc2ccccc2s1)c1cccc2ccccc12. The molecule has 5 nitrogen and oxygen atoms in total. The molecule has 6 heteroatoms. The third-order valence-electron chi connectivity index (χ3n) is 4.91. The monoisotopic (exact) mass is 418 g/mol. The molecule has 0 spiro atoms. The number of aryl methyl sites for hydroxylation is 1. The Labute approximate surface area is 178 Å². The van der Waals surface area contributed by atoms with E-state index in [1.807, 2.05) is 73.7 Å². The van der Waals surface area contributed by atoms with Crippen LogP contribution in [0, 0.1) is 0 Å². The number of nitrogens with zero attached hydrogens (tertiary/aromatic N) is 2. The molecule has 1 amide bonds. The molecule has 1 aromatic heterocycles. The summed E-state index contributed by atoms with van der Waals surface area (Å²) in [5.41, 5.74) is 1.76. The van der Waals surface area contributed by atoms with Crippen LogP contribution in [0.2, 0.25) is 0 Å². The first-order valence-electron chi connectivity index (χ1n) is 9.94. The predicted octanol–water partition coefficient (Wildman–Crippen LogP) is 4.98. The summed E-state index contributed by atoms with van der Waals surface area (Å²) in [5.74, 6) is -0.626. The summed E-state index contributed by atoms with van der Waals surface area (Å²) < 4.78 is 6.36. The van der Waals surface area contributed by atoms with Gasteiger partial charge in [0.1, 0.15) is 0 Å². The number of aromatic nitrogens is 1. The second kappa shape index (κ2) is 9.05. The van der Waals surface area contributed by atoms with Gasteiger partial charge in [-0.15, -0.1) is 11.3 Å². The summed E-state index contributed by atoms with van der Waals surface area (Å²) in [7, 11) is 0. The molecule has 4 aromatic rings. The molecule has 4 rings (SSSR count). The number of amides is 1. The van der Waals surface area contributed by atoms with Crippen LogP contribution in [0.1, 0.15) is 18.4 Å². The highest BCUT2D eigenvalue weighted by Crippen LogP contribution is 2.27. The topological polar surface area (TPSA) is 59.5 Å². The molecule has 0 bridgehead atoms. The van der Waals surface area contributed by atoms with Crippen molar-refractivity contribution in [1.82, 2.24) is 4.98 Å². The van der Waals surface area contributed by atoms with Crippen molar-refractivity contribution >= 4 is 49.9 Å². The lowest BCUT2D eigenvalue weighted by Gasteiger charge is -2.22. The van der Waals surface area contributed by atoms with Gasteiger partial charge in [-0.2, -0.15) is 0 Å². The smallest absolute Gasteiger partial charge is 0.306 e. The van der Waals surface area contributed by atoms with Crippen LogP contribution in [0.15, 0.2) is 66.7 Å². The Balaban J connectivity index is 1.36. The van der Waals surface area contributed by atoms with E-state index in [4.69, 9.17) is 4.74 Å². The molecule has 0 aliphatic heterocycles. The Morgan fingerprint density at radius 3 is 2.60 bits per heavy atom. The van der Waals surface area contributed by atoms with Gasteiger partial charge >= 0.3 is 5.97 Å². The lowest BCUT2D eigenvalue weighted by molar-refractivity contribution is -0.147. The first-order chi connectivity index (χ1) is 14.7. The first kappa shape index (κ1) is 20.0. The molecule has 0 atom stereocenters. The molecule has 0 aliphatic carbocycles. The molecule has 0 N–H and O–H groups in total. The van der Waals surface area contributed by atoms with E-state index in [2.05, 4.69) is 4.98 Å². The Hall–Kier alpha value is -3.25. The lowest BCUT2D eigenvalue weighted by Crippen LogP contribution is -2.34. The zero-order valence-corrected chi connectivity index (χ0v) is 17.5. The molecule has 30 heavy (non-hydrogen) atoms. The van der Waals surface area contributed by atoms with E-state index in [9.17, 15) is 9.59 Å². The van der Waals surface area contributed by atoms with Crippen molar-refractivity contribution < 1.29 is 14.3 Å². The Kier molecular flexibility index (Phi) is 6.05. The van der Waals surface area contributed by atoms with Crippen molar-refractivity contribution in [2.75, 3.05) is 18.1 Å². The quantitative estimate of drug-likeness (QED) is 0.397. The van der Waals surface area contributed by atoms with E-state index in [0.29, 0.717) is 13.0 Å². The highest BCUT2D eigenvalue weighted by molar-refractivity contribution is 7.18. The van der Waals surface area contributed by atoms with E-state index < -0.39 is 5.97 Å². The van der Waals surface area contributed by atoms with Crippen LogP contribution in [-0.2, 0) is 20.7 Å². The van der Waals surface area contributed by atoms with E-state index in [1.54, 1.807) is 16.2 Å². The van der Waals surface area contributed by atoms with Gasteiger partial charge in [-0.25, -0.2) is 4.98 Å². The number of benzene rings is 3. The van der Waals surface area contributed by atoms with Crippen LogP contribution in [0.25, 0.3) is 21.0 Å². The second-order valence-corrected chi connectivity index (χ2v) is 7.99. The van der Waals surface area contributed by atoms with E-state index >= 15 is 0 Å². The number of hydrogen-bond donors (Lipinski definition) is 0. The van der Waals surface area contributed by atoms with Gasteiger partial charge in [0.2, 0.25) is 0 Å². The highest BCUT2D eigenvalue weighted by Gasteiger charge is 2.18. The van der Waals surface area contributed by atoms with Gasteiger partial charge in [0, 0.05) is 18.4 Å². The summed E-state index contributed by atoms with van der Waals surface area (Å²) in [4.78, 5) is 31.1. The summed E-state index contributed by atoms with van der Waals surface area (Å²) in [5, 5.41) is 2.96. The van der Waals surface area contributed by atoms with Gasteiger partial charge in [0.25, 0.3) is 5.91 Å². The van der Waals surface area contributed by atoms with Crippen LogP contribution in [0.5, 0.6) is 0 Å². The minimum Gasteiger partial charge on any atom is -0.456 e. The maximum absolute atomic E-state index is 12.8. The Morgan fingerprint density at radius 2 is 1.77 bits per heavy atom. The van der Waals surface area contributed by atoms with Crippen LogP contribution in [0.4, 0.5) is 5.69 Å². The average Bonchev–Trinajstić information content (AvgIpc) is 3.20. The minimum absolute atomic E-state index is 0.202. The van der Waals surface area contributed by atoms with Crippen LogP contribution in [-0.4, -0.2) is 30.0 Å². The van der Waals surface area contributed by atoms with Gasteiger partial charge in [0.15, 0.2) is 6.61 Å². The molecule has 0 saturated carbocycles. The van der Waals surface area contributed by atoms with Crippen LogP contribution < -0.4 is 4.90 Å². The van der Waals surface area contributed by atoms with E-state index in [0.717, 1.165) is 31.7 Å². The summed E-state index contributed by atoms with van der Waals surface area (Å²) in [6.45, 7) is 2.14. The lowest BCUT2D eigenvalue weighted by atomic mass is 10.1. The number of thiazole rings is 1. The maximum atomic E-state index is 12.8. The zero-order valence-electron chi connectivity index (χ0n) is 16.7. The fourth-order valence-electron chi connectivity index (χ4n) is 3.45. The molecular formula is C24H22N2O3S. The van der Waals surface area contributed by atoms with Gasteiger partial charge in [-0.3, -0.25) is 9.59 Å². The van der Waals surface area contributed by atoms with Crippen molar-refractivity contribution in [3.8, 4) is 0 Å². The second-order valence-electron chi connectivity index (χ2n) is 6.87. The number of likely N-dealkylation sites (N-methyl/N-ethyl adjacent to an activating group) is 1. The molecule has 152 valence electrons. The van der Waals surface area contributed by atoms with Crippen LogP contribution in [0.3, 0.4) is 0 Å². The van der Waals surface area contributed by atoms with Crippen molar-refractivity contribution in [2.45, 2.75) is 19.8 Å². The molecule has 0 fully saturated rings. The van der Waals surface area contributed by atoms with Crippen molar-refractivity contribution in [2.24, 2.45) is 0 Å². The van der Waals surface area contributed by atoms with Crippen molar-refractivity contribution in [3.63, 3.8) is 0 Å². The largest absolute Gasteiger partial charge is 0.456 e. The number of para-hydroxylation sites is 1. The number of fused-ring (bicyclic) bond motifs is 2. The highest BCUT2D eigenvalue weighted by atomic mass is 32.1. The number of anilines is 1. The molecule has 1 heterocycles. The fraction of sp³-hybridized carbons (Fsp3) is 0.208. The average molecular weight is 419 g/mol. The number of ether oxygens (including phenoxy) is 1. The molecule has 0 radical (unpaired) electrons. The minimum atomic E-state index is -0.392. The summed E-state index contributed by atoms with van der Waals surface area (Å²) >= 11 is 1.58. The van der Waals surface area contributed by atoms with Gasteiger partial charge in [-0.05, 0) is 30.5 Å². The predicted molar refractivity (Wildman–Crippen MR) is 121 cm³/mol. The number of hydrogen-bond acceptors (Lipinski definition) is 5. The standard InChI is InChI=1S/C24H22N2O3S/c1-2-26(20-12-7-9-17-8-3-4-10-18(17)20)23(27)16-29-24(28)15-14-22-25-19-11-5-6-13-21(19)30-22/h3-13H,2,14-16H2,1H3. The fourth-order valence-corrected chi connectivity index (χ4v) is 4.42. The van der Waals surface area contributed by atoms with Crippen molar-refractivity contribution in [1.29, 1.82) is 0 Å². The third-order valence-corrected chi connectivity index (χ3v) is 6.01. The van der Waals surface area contributed by atoms with Gasteiger partial charge in [0.05, 0.1) is 27.3 Å². The number of esters is 1.